The van der Waals surface area contributed by atoms with Crippen LogP contribution in [0.4, 0.5) is 5.95 Å². The van der Waals surface area contributed by atoms with Crippen LogP contribution in [0.25, 0.3) is 0 Å². The first-order valence-electron chi connectivity index (χ1n) is 7.52. The van der Waals surface area contributed by atoms with Crippen molar-refractivity contribution in [2.45, 2.75) is 18.4 Å². The van der Waals surface area contributed by atoms with E-state index in [1.807, 2.05) is 11.0 Å². The number of nitrogens with zero attached hydrogens (tertiary/aromatic N) is 5. The van der Waals surface area contributed by atoms with Crippen molar-refractivity contribution in [3.05, 3.63) is 48.5 Å². The van der Waals surface area contributed by atoms with Crippen molar-refractivity contribution in [3.63, 3.8) is 0 Å². The molecule has 0 saturated carbocycles. The van der Waals surface area contributed by atoms with Crippen LogP contribution in [-0.2, 0) is 0 Å². The molecule has 4 rings (SSSR count). The molecule has 1 atom stereocenters. The van der Waals surface area contributed by atoms with Gasteiger partial charge in [0.15, 0.2) is 0 Å². The smallest absolute Gasteiger partial charge is 0.254 e. The highest BCUT2D eigenvalue weighted by atomic mass is 16.2. The summed E-state index contributed by atoms with van der Waals surface area (Å²) in [5.74, 6) is 0.854. The Morgan fingerprint density at radius 2 is 1.77 bits per heavy atom. The molecule has 0 bridgehead atoms. The highest BCUT2D eigenvalue weighted by Gasteiger charge is 2.51. The fourth-order valence-corrected chi connectivity index (χ4v) is 3.41. The molecule has 1 unspecified atom stereocenters. The Balaban J connectivity index is 1.52. The van der Waals surface area contributed by atoms with E-state index in [0.29, 0.717) is 5.56 Å². The van der Waals surface area contributed by atoms with E-state index in [4.69, 9.17) is 0 Å². The summed E-state index contributed by atoms with van der Waals surface area (Å²) in [5.41, 5.74) is 0.721. The minimum atomic E-state index is 0.0179. The van der Waals surface area contributed by atoms with Gasteiger partial charge in [-0.2, -0.15) is 0 Å². The molecular weight excluding hydrogens is 278 g/mol. The van der Waals surface area contributed by atoms with Gasteiger partial charge in [-0.1, -0.05) is 0 Å². The third kappa shape index (κ3) is 2.03. The zero-order chi connectivity index (χ0) is 15.0. The standard InChI is InChI=1S/C16H17N5O/c22-14(13-2-8-17-9-3-13)20-10-4-16(12-20)5-11-21(16)15-18-6-1-7-19-15/h1-3,6-9H,4-5,10-12H2. The Labute approximate surface area is 128 Å². The molecule has 0 radical (unpaired) electrons. The van der Waals surface area contributed by atoms with Crippen LogP contribution in [0.3, 0.4) is 0 Å². The van der Waals surface area contributed by atoms with Crippen molar-refractivity contribution in [2.24, 2.45) is 0 Å². The third-order valence-electron chi connectivity index (χ3n) is 4.71. The molecular formula is C16H17N5O. The van der Waals surface area contributed by atoms with E-state index in [0.717, 1.165) is 38.4 Å². The molecule has 2 aromatic heterocycles. The molecule has 6 nitrogen and oxygen atoms in total. The molecule has 112 valence electrons. The predicted octanol–water partition coefficient (Wildman–Crippen LogP) is 1.37. The SMILES string of the molecule is O=C(c1ccncc1)N1CCC2(CCN2c2ncccn2)C1. The number of rotatable bonds is 2. The van der Waals surface area contributed by atoms with Crippen molar-refractivity contribution in [1.82, 2.24) is 19.9 Å². The number of amides is 1. The van der Waals surface area contributed by atoms with Crippen molar-refractivity contribution in [3.8, 4) is 0 Å². The van der Waals surface area contributed by atoms with Crippen LogP contribution in [0.1, 0.15) is 23.2 Å². The van der Waals surface area contributed by atoms with Crippen LogP contribution in [0.15, 0.2) is 43.0 Å². The maximum atomic E-state index is 12.6. The van der Waals surface area contributed by atoms with E-state index in [9.17, 15) is 4.79 Å². The summed E-state index contributed by atoms with van der Waals surface area (Å²) in [4.78, 5) is 29.4. The summed E-state index contributed by atoms with van der Waals surface area (Å²) in [7, 11) is 0. The Hall–Kier alpha value is -2.50. The van der Waals surface area contributed by atoms with Gasteiger partial charge < -0.3 is 9.80 Å². The number of hydrogen-bond acceptors (Lipinski definition) is 5. The summed E-state index contributed by atoms with van der Waals surface area (Å²) < 4.78 is 0. The second-order valence-electron chi connectivity index (χ2n) is 5.89. The lowest BCUT2D eigenvalue weighted by molar-refractivity contribution is 0.0775. The van der Waals surface area contributed by atoms with Gasteiger partial charge in [-0.15, -0.1) is 0 Å². The van der Waals surface area contributed by atoms with E-state index in [1.54, 1.807) is 36.9 Å². The average molecular weight is 295 g/mol. The zero-order valence-corrected chi connectivity index (χ0v) is 12.2. The quantitative estimate of drug-likeness (QED) is 0.837. The van der Waals surface area contributed by atoms with Gasteiger partial charge in [0.25, 0.3) is 5.91 Å². The first kappa shape index (κ1) is 13.2. The van der Waals surface area contributed by atoms with E-state index in [-0.39, 0.29) is 11.4 Å². The Morgan fingerprint density at radius 1 is 1.05 bits per heavy atom. The number of hydrogen-bond donors (Lipinski definition) is 0. The van der Waals surface area contributed by atoms with Gasteiger partial charge in [0.2, 0.25) is 5.95 Å². The lowest BCUT2D eigenvalue weighted by Gasteiger charge is -2.50. The predicted molar refractivity (Wildman–Crippen MR) is 81.5 cm³/mol. The minimum Gasteiger partial charge on any atom is -0.336 e. The number of pyridine rings is 1. The number of aromatic nitrogens is 3. The van der Waals surface area contributed by atoms with Crippen molar-refractivity contribution in [1.29, 1.82) is 0 Å². The van der Waals surface area contributed by atoms with Gasteiger partial charge in [-0.05, 0) is 31.0 Å². The molecule has 2 saturated heterocycles. The molecule has 0 aromatic carbocycles. The van der Waals surface area contributed by atoms with Gasteiger partial charge in [0, 0.05) is 50.0 Å². The van der Waals surface area contributed by atoms with E-state index < -0.39 is 0 Å². The molecule has 2 aliphatic heterocycles. The van der Waals surface area contributed by atoms with Gasteiger partial charge in [0.05, 0.1) is 5.54 Å². The van der Waals surface area contributed by atoms with E-state index >= 15 is 0 Å². The summed E-state index contributed by atoms with van der Waals surface area (Å²) >= 11 is 0. The van der Waals surface area contributed by atoms with Crippen LogP contribution in [0.2, 0.25) is 0 Å². The summed E-state index contributed by atoms with van der Waals surface area (Å²) in [5, 5.41) is 0. The largest absolute Gasteiger partial charge is 0.336 e. The van der Waals surface area contributed by atoms with Crippen LogP contribution >= 0.6 is 0 Å². The molecule has 0 N–H and O–H groups in total. The van der Waals surface area contributed by atoms with Crippen molar-refractivity contribution >= 4 is 11.9 Å². The van der Waals surface area contributed by atoms with Gasteiger partial charge in [0.1, 0.15) is 0 Å². The lowest BCUT2D eigenvalue weighted by Crippen LogP contribution is -2.62. The van der Waals surface area contributed by atoms with E-state index in [2.05, 4.69) is 19.9 Å². The normalized spacial score (nSPS) is 23.6. The highest BCUT2D eigenvalue weighted by Crippen LogP contribution is 2.41. The topological polar surface area (TPSA) is 62.2 Å². The molecule has 6 heteroatoms. The number of carbonyl (C=O) groups is 1. The second-order valence-corrected chi connectivity index (χ2v) is 5.89. The van der Waals surface area contributed by atoms with Gasteiger partial charge >= 0.3 is 0 Å². The molecule has 22 heavy (non-hydrogen) atoms. The average Bonchev–Trinajstić information content (AvgIpc) is 3.03. The summed E-state index contributed by atoms with van der Waals surface area (Å²) in [6.07, 6.45) is 8.92. The van der Waals surface area contributed by atoms with Gasteiger partial charge in [-0.3, -0.25) is 9.78 Å². The number of anilines is 1. The Kier molecular flexibility index (Phi) is 3.03. The monoisotopic (exact) mass is 295 g/mol. The molecule has 1 spiro atoms. The van der Waals surface area contributed by atoms with Crippen LogP contribution in [-0.4, -0.2) is 50.9 Å². The fraction of sp³-hybridized carbons (Fsp3) is 0.375. The third-order valence-corrected chi connectivity index (χ3v) is 4.71. The molecule has 0 aliphatic carbocycles. The number of carbonyl (C=O) groups excluding carboxylic acids is 1. The van der Waals surface area contributed by atoms with Crippen molar-refractivity contribution < 1.29 is 4.79 Å². The summed E-state index contributed by atoms with van der Waals surface area (Å²) in [6, 6.07) is 5.36. The maximum absolute atomic E-state index is 12.6. The highest BCUT2D eigenvalue weighted by molar-refractivity contribution is 5.94. The van der Waals surface area contributed by atoms with Crippen LogP contribution in [0.5, 0.6) is 0 Å². The zero-order valence-electron chi connectivity index (χ0n) is 12.2. The van der Waals surface area contributed by atoms with E-state index in [1.165, 1.54) is 0 Å². The Morgan fingerprint density at radius 3 is 2.45 bits per heavy atom. The fourth-order valence-electron chi connectivity index (χ4n) is 3.41. The first-order chi connectivity index (χ1) is 10.8. The summed E-state index contributed by atoms with van der Waals surface area (Å²) in [6.45, 7) is 2.48. The minimum absolute atomic E-state index is 0.0179. The first-order valence-corrected chi connectivity index (χ1v) is 7.52. The van der Waals surface area contributed by atoms with Crippen LogP contribution < -0.4 is 4.90 Å². The Bertz CT molecular complexity index is 677. The lowest BCUT2D eigenvalue weighted by atomic mass is 9.84. The molecule has 2 aromatic rings. The number of likely N-dealkylation sites (tertiary alicyclic amines) is 1. The molecule has 4 heterocycles. The second kappa shape index (κ2) is 5.05. The maximum Gasteiger partial charge on any atom is 0.254 e. The van der Waals surface area contributed by atoms with Crippen LogP contribution in [0, 0.1) is 0 Å². The van der Waals surface area contributed by atoms with Gasteiger partial charge in [-0.25, -0.2) is 9.97 Å². The molecule has 2 fully saturated rings. The molecule has 2 aliphatic rings. The van der Waals surface area contributed by atoms with Crippen molar-refractivity contribution in [2.75, 3.05) is 24.5 Å². The molecule has 1 amide bonds.